The number of piperidine rings is 1. The van der Waals surface area contributed by atoms with Crippen LogP contribution in [0, 0.1) is 5.82 Å². The van der Waals surface area contributed by atoms with E-state index in [1.807, 2.05) is 36.0 Å². The molecule has 0 amide bonds. The molecular weight excluding hydrogens is 403 g/mol. The summed E-state index contributed by atoms with van der Waals surface area (Å²) < 4.78 is 23.8. The summed E-state index contributed by atoms with van der Waals surface area (Å²) in [5, 5.41) is 1.29. The van der Waals surface area contributed by atoms with E-state index < -0.39 is 0 Å². The fraction of sp³-hybridized carbons (Fsp3) is 0.364. The Labute approximate surface area is 179 Å². The Morgan fingerprint density at radius 2 is 1.73 bits per heavy atom. The van der Waals surface area contributed by atoms with Gasteiger partial charge in [-0.05, 0) is 56.3 Å². The van der Waals surface area contributed by atoms with Gasteiger partial charge in [0.1, 0.15) is 17.5 Å². The lowest BCUT2D eigenvalue weighted by Crippen LogP contribution is -2.34. The maximum atomic E-state index is 13.1. The van der Waals surface area contributed by atoms with Crippen molar-refractivity contribution in [2.75, 3.05) is 33.0 Å². The lowest BCUT2D eigenvalue weighted by Gasteiger charge is -2.31. The summed E-state index contributed by atoms with van der Waals surface area (Å²) in [6.45, 7) is 2.58. The predicted molar refractivity (Wildman–Crippen MR) is 118 cm³/mol. The van der Waals surface area contributed by atoms with Crippen molar-refractivity contribution in [1.82, 2.24) is 14.9 Å². The summed E-state index contributed by atoms with van der Waals surface area (Å²) in [7, 11) is 3.19. The van der Waals surface area contributed by atoms with Gasteiger partial charge < -0.3 is 15.2 Å². The molecule has 1 aliphatic heterocycles. The van der Waals surface area contributed by atoms with E-state index >= 15 is 0 Å². The van der Waals surface area contributed by atoms with E-state index in [-0.39, 0.29) is 5.82 Å². The Hall–Kier alpha value is -2.58. The van der Waals surface area contributed by atoms with Gasteiger partial charge in [-0.1, -0.05) is 0 Å². The van der Waals surface area contributed by atoms with Crippen LogP contribution in [0.3, 0.4) is 0 Å². The molecule has 0 saturated carbocycles. The molecule has 0 unspecified atom stereocenters. The molecule has 2 aromatic carbocycles. The number of likely N-dealkylation sites (tertiary alicyclic amines) is 1. The first-order valence-electron chi connectivity index (χ1n) is 9.88. The van der Waals surface area contributed by atoms with Crippen LogP contribution in [-0.4, -0.2) is 47.4 Å². The Morgan fingerprint density at radius 1 is 1.07 bits per heavy atom. The van der Waals surface area contributed by atoms with E-state index in [1.165, 1.54) is 12.1 Å². The first-order chi connectivity index (χ1) is 14.6. The number of rotatable bonds is 6. The Morgan fingerprint density at radius 3 is 2.40 bits per heavy atom. The second kappa shape index (κ2) is 9.06. The number of hydrogen-bond donors (Lipinski definition) is 1. The van der Waals surface area contributed by atoms with Crippen molar-refractivity contribution in [3.63, 3.8) is 0 Å². The molecule has 158 valence electrons. The molecule has 0 spiro atoms. The van der Waals surface area contributed by atoms with Gasteiger partial charge in [-0.15, -0.1) is 11.8 Å². The Bertz CT molecular complexity index is 1020. The third-order valence-corrected chi connectivity index (χ3v) is 6.64. The standard InChI is InChI=1S/C22H25FN4O2S/c1-28-19-11-17-18(12-20(19)29-2)25-21(26-22(17)24)13-27-9-7-16(8-10-27)30-15-5-3-14(23)4-6-15/h3-6,11-12,16H,7-10,13H2,1-2H3,(H2,24,25,26). The lowest BCUT2D eigenvalue weighted by molar-refractivity contribution is 0.220. The fourth-order valence-electron chi connectivity index (χ4n) is 3.69. The van der Waals surface area contributed by atoms with E-state index in [4.69, 9.17) is 20.2 Å². The zero-order valence-electron chi connectivity index (χ0n) is 17.1. The van der Waals surface area contributed by atoms with Crippen molar-refractivity contribution in [2.45, 2.75) is 29.5 Å². The van der Waals surface area contributed by atoms with Gasteiger partial charge in [0.05, 0.1) is 26.3 Å². The van der Waals surface area contributed by atoms with Gasteiger partial charge in [0.25, 0.3) is 0 Å². The maximum Gasteiger partial charge on any atom is 0.162 e. The van der Waals surface area contributed by atoms with Gasteiger partial charge in [-0.3, -0.25) is 4.90 Å². The first-order valence-corrected chi connectivity index (χ1v) is 10.8. The molecule has 1 saturated heterocycles. The SMILES string of the molecule is COc1cc2nc(CN3CCC(Sc4ccc(F)cc4)CC3)nc(N)c2cc1OC. The molecule has 0 atom stereocenters. The number of anilines is 1. The molecule has 1 aliphatic rings. The summed E-state index contributed by atoms with van der Waals surface area (Å²) in [4.78, 5) is 12.7. The molecule has 1 aromatic heterocycles. The highest BCUT2D eigenvalue weighted by molar-refractivity contribution is 8.00. The Balaban J connectivity index is 1.41. The number of aromatic nitrogens is 2. The number of fused-ring (bicyclic) bond motifs is 1. The number of nitrogens with zero attached hydrogens (tertiary/aromatic N) is 3. The van der Waals surface area contributed by atoms with Crippen LogP contribution in [0.2, 0.25) is 0 Å². The summed E-state index contributed by atoms with van der Waals surface area (Å²) in [6.07, 6.45) is 2.13. The number of nitrogen functional groups attached to an aromatic ring is 1. The number of benzene rings is 2. The smallest absolute Gasteiger partial charge is 0.162 e. The summed E-state index contributed by atoms with van der Waals surface area (Å²) in [5.74, 6) is 2.18. The predicted octanol–water partition coefficient (Wildman–Crippen LogP) is 4.13. The molecule has 1 fully saturated rings. The largest absolute Gasteiger partial charge is 0.493 e. The molecule has 30 heavy (non-hydrogen) atoms. The van der Waals surface area contributed by atoms with E-state index in [0.717, 1.165) is 41.7 Å². The average molecular weight is 429 g/mol. The number of thioether (sulfide) groups is 1. The average Bonchev–Trinajstić information content (AvgIpc) is 2.76. The van der Waals surface area contributed by atoms with Gasteiger partial charge in [0.2, 0.25) is 0 Å². The summed E-state index contributed by atoms with van der Waals surface area (Å²) in [5.41, 5.74) is 6.95. The van der Waals surface area contributed by atoms with Gasteiger partial charge in [0, 0.05) is 21.6 Å². The summed E-state index contributed by atoms with van der Waals surface area (Å²) in [6, 6.07) is 10.4. The number of methoxy groups -OCH3 is 2. The van der Waals surface area contributed by atoms with Crippen molar-refractivity contribution in [2.24, 2.45) is 0 Å². The number of halogens is 1. The second-order valence-corrected chi connectivity index (χ2v) is 8.67. The quantitative estimate of drug-likeness (QED) is 0.633. The minimum atomic E-state index is -0.195. The fourth-order valence-corrected chi connectivity index (χ4v) is 4.82. The van der Waals surface area contributed by atoms with Crippen LogP contribution in [0.5, 0.6) is 11.5 Å². The molecule has 6 nitrogen and oxygen atoms in total. The van der Waals surface area contributed by atoms with Crippen molar-refractivity contribution < 1.29 is 13.9 Å². The van der Waals surface area contributed by atoms with Crippen molar-refractivity contribution in [3.8, 4) is 11.5 Å². The van der Waals surface area contributed by atoms with Gasteiger partial charge >= 0.3 is 0 Å². The third-order valence-electron chi connectivity index (χ3n) is 5.29. The molecule has 8 heteroatoms. The molecule has 0 aliphatic carbocycles. The second-order valence-electron chi connectivity index (χ2n) is 7.30. The lowest BCUT2D eigenvalue weighted by atomic mass is 10.1. The molecule has 3 aromatic rings. The normalized spacial score (nSPS) is 15.4. The topological polar surface area (TPSA) is 73.5 Å². The van der Waals surface area contributed by atoms with Crippen molar-refractivity contribution in [1.29, 1.82) is 0 Å². The van der Waals surface area contributed by atoms with Crippen LogP contribution < -0.4 is 15.2 Å². The van der Waals surface area contributed by atoms with Crippen molar-refractivity contribution >= 4 is 28.5 Å². The van der Waals surface area contributed by atoms with Gasteiger partial charge in [-0.25, -0.2) is 14.4 Å². The zero-order valence-corrected chi connectivity index (χ0v) is 17.9. The highest BCUT2D eigenvalue weighted by Crippen LogP contribution is 2.34. The van der Waals surface area contributed by atoms with E-state index in [0.29, 0.717) is 34.9 Å². The molecule has 4 rings (SSSR count). The monoisotopic (exact) mass is 428 g/mol. The highest BCUT2D eigenvalue weighted by Gasteiger charge is 2.21. The number of nitrogens with two attached hydrogens (primary N) is 1. The van der Waals surface area contributed by atoms with E-state index in [1.54, 1.807) is 14.2 Å². The minimum Gasteiger partial charge on any atom is -0.493 e. The van der Waals surface area contributed by atoms with Crippen LogP contribution in [0.25, 0.3) is 10.9 Å². The minimum absolute atomic E-state index is 0.195. The van der Waals surface area contributed by atoms with Gasteiger partial charge in [-0.2, -0.15) is 0 Å². The van der Waals surface area contributed by atoms with Crippen LogP contribution in [0.4, 0.5) is 10.2 Å². The molecular formula is C22H25FN4O2S. The molecule has 2 heterocycles. The maximum absolute atomic E-state index is 13.1. The van der Waals surface area contributed by atoms with Gasteiger partial charge in [0.15, 0.2) is 11.5 Å². The third kappa shape index (κ3) is 4.60. The number of ether oxygens (including phenoxy) is 2. The van der Waals surface area contributed by atoms with Crippen LogP contribution in [-0.2, 0) is 6.54 Å². The number of hydrogen-bond acceptors (Lipinski definition) is 7. The molecule has 2 N–H and O–H groups in total. The highest BCUT2D eigenvalue weighted by atomic mass is 32.2. The van der Waals surface area contributed by atoms with Crippen molar-refractivity contribution in [3.05, 3.63) is 48.0 Å². The molecule has 0 bridgehead atoms. The summed E-state index contributed by atoms with van der Waals surface area (Å²) >= 11 is 1.82. The van der Waals surface area contributed by atoms with Crippen LogP contribution >= 0.6 is 11.8 Å². The van der Waals surface area contributed by atoms with Crippen LogP contribution in [0.1, 0.15) is 18.7 Å². The first kappa shape index (κ1) is 20.7. The van der Waals surface area contributed by atoms with E-state index in [2.05, 4.69) is 9.88 Å². The van der Waals surface area contributed by atoms with Crippen LogP contribution in [0.15, 0.2) is 41.3 Å². The Kier molecular flexibility index (Phi) is 6.24. The zero-order chi connectivity index (χ0) is 21.1. The molecule has 0 radical (unpaired) electrons. The van der Waals surface area contributed by atoms with E-state index in [9.17, 15) is 4.39 Å².